The molecule has 1 amide bonds. The Kier molecular flexibility index (Phi) is 4.55. The van der Waals surface area contributed by atoms with E-state index >= 15 is 0 Å². The number of anilines is 2. The van der Waals surface area contributed by atoms with Crippen LogP contribution >= 0.6 is 12.2 Å². The first-order valence-corrected chi connectivity index (χ1v) is 9.48. The van der Waals surface area contributed by atoms with E-state index in [4.69, 9.17) is 22.2 Å². The minimum atomic E-state index is -4.77. The number of benzene rings is 2. The summed E-state index contributed by atoms with van der Waals surface area (Å²) in [5.74, 6) is -0.970. The molecule has 158 valence electrons. The van der Waals surface area contributed by atoms with Crippen LogP contribution in [0.15, 0.2) is 36.4 Å². The van der Waals surface area contributed by atoms with Crippen LogP contribution in [-0.4, -0.2) is 22.5 Å². The molecular weight excluding hydrogens is 431 g/mol. The summed E-state index contributed by atoms with van der Waals surface area (Å²) in [5, 5.41) is 9.00. The van der Waals surface area contributed by atoms with E-state index in [1.807, 2.05) is 0 Å². The molecular formula is C21H14F3N3O3S. The third kappa shape index (κ3) is 3.13. The number of thiocarbonyl (C=S) groups is 1. The summed E-state index contributed by atoms with van der Waals surface area (Å²) in [6, 6.07) is 9.38. The Bertz CT molecular complexity index is 1200. The first kappa shape index (κ1) is 20.8. The fraction of sp³-hybridized carbons (Fsp3) is 0.238. The van der Waals surface area contributed by atoms with Crippen LogP contribution in [0.2, 0.25) is 0 Å². The highest BCUT2D eigenvalue weighted by atomic mass is 32.1. The monoisotopic (exact) mass is 445 g/mol. The summed E-state index contributed by atoms with van der Waals surface area (Å²) in [4.78, 5) is 27.5. The number of fused-ring (bicyclic) bond motifs is 1. The molecule has 0 aromatic heterocycles. The van der Waals surface area contributed by atoms with Crippen molar-refractivity contribution in [3.63, 3.8) is 0 Å². The summed E-state index contributed by atoms with van der Waals surface area (Å²) >= 11 is 5.49. The van der Waals surface area contributed by atoms with Gasteiger partial charge >= 0.3 is 12.1 Å². The number of ether oxygens (including phenoxy) is 1. The number of halogens is 3. The third-order valence-electron chi connectivity index (χ3n) is 5.28. The topological polar surface area (TPSA) is 73.6 Å². The zero-order valence-electron chi connectivity index (χ0n) is 16.3. The second kappa shape index (κ2) is 6.78. The number of hydrogen-bond donors (Lipinski definition) is 0. The van der Waals surface area contributed by atoms with Gasteiger partial charge in [0.25, 0.3) is 5.91 Å². The Morgan fingerprint density at radius 1 is 1.13 bits per heavy atom. The number of carbonyl (C=O) groups excluding carboxylic acids is 2. The van der Waals surface area contributed by atoms with E-state index in [0.717, 1.165) is 17.0 Å². The number of rotatable bonds is 2. The van der Waals surface area contributed by atoms with Gasteiger partial charge in [-0.15, -0.1) is 0 Å². The summed E-state index contributed by atoms with van der Waals surface area (Å²) in [6.45, 7) is 3.29. The highest BCUT2D eigenvalue weighted by molar-refractivity contribution is 7.81. The molecule has 1 saturated heterocycles. The maximum absolute atomic E-state index is 13.4. The molecule has 0 N–H and O–H groups in total. The van der Waals surface area contributed by atoms with Crippen LogP contribution in [0, 0.1) is 11.3 Å². The van der Waals surface area contributed by atoms with Crippen molar-refractivity contribution in [1.29, 1.82) is 5.26 Å². The molecule has 0 spiro atoms. The summed E-state index contributed by atoms with van der Waals surface area (Å²) < 4.78 is 45.2. The molecule has 0 bridgehead atoms. The van der Waals surface area contributed by atoms with Gasteiger partial charge in [-0.25, -0.2) is 4.79 Å². The number of cyclic esters (lactones) is 1. The lowest BCUT2D eigenvalue weighted by molar-refractivity contribution is -0.137. The quantitative estimate of drug-likeness (QED) is 0.511. The number of nitrogens with zero attached hydrogens (tertiary/aromatic N) is 3. The van der Waals surface area contributed by atoms with E-state index in [1.165, 1.54) is 17.0 Å². The lowest BCUT2D eigenvalue weighted by atomic mass is 10.0. The molecule has 2 aromatic rings. The number of amides is 1. The average molecular weight is 445 g/mol. The van der Waals surface area contributed by atoms with Crippen molar-refractivity contribution < 1.29 is 27.5 Å². The largest absolute Gasteiger partial charge is 0.457 e. The normalized spacial score (nSPS) is 17.6. The number of alkyl halides is 3. The van der Waals surface area contributed by atoms with Gasteiger partial charge in [0.05, 0.1) is 28.4 Å². The summed E-state index contributed by atoms with van der Waals surface area (Å²) in [5.41, 5.74) is -1.44. The molecule has 10 heteroatoms. The van der Waals surface area contributed by atoms with Crippen LogP contribution in [0.4, 0.5) is 24.5 Å². The number of hydrogen-bond acceptors (Lipinski definition) is 5. The fourth-order valence-corrected chi connectivity index (χ4v) is 4.24. The Morgan fingerprint density at radius 2 is 1.81 bits per heavy atom. The Balaban J connectivity index is 1.79. The van der Waals surface area contributed by atoms with E-state index in [0.29, 0.717) is 16.8 Å². The van der Waals surface area contributed by atoms with Crippen LogP contribution in [0.5, 0.6) is 0 Å². The number of nitriles is 1. The van der Waals surface area contributed by atoms with E-state index < -0.39 is 34.7 Å². The van der Waals surface area contributed by atoms with E-state index in [1.54, 1.807) is 32.0 Å². The molecule has 0 unspecified atom stereocenters. The van der Waals surface area contributed by atoms with Gasteiger partial charge in [-0.2, -0.15) is 18.4 Å². The molecule has 2 aromatic carbocycles. The van der Waals surface area contributed by atoms with Gasteiger partial charge in [-0.05, 0) is 62.5 Å². The van der Waals surface area contributed by atoms with Crippen LogP contribution in [0.25, 0.3) is 0 Å². The zero-order chi connectivity index (χ0) is 22.7. The van der Waals surface area contributed by atoms with E-state index in [9.17, 15) is 22.8 Å². The molecule has 0 radical (unpaired) electrons. The van der Waals surface area contributed by atoms with Crippen LogP contribution in [-0.2, 0) is 22.3 Å². The van der Waals surface area contributed by atoms with Crippen molar-refractivity contribution in [2.24, 2.45) is 0 Å². The van der Waals surface area contributed by atoms with Gasteiger partial charge in [-0.3, -0.25) is 9.69 Å². The van der Waals surface area contributed by atoms with Crippen molar-refractivity contribution in [1.82, 2.24) is 0 Å². The van der Waals surface area contributed by atoms with Crippen molar-refractivity contribution in [3.05, 3.63) is 58.7 Å². The molecule has 0 atom stereocenters. The number of carbonyl (C=O) groups is 2. The minimum Gasteiger partial charge on any atom is -0.457 e. The first-order valence-electron chi connectivity index (χ1n) is 9.07. The van der Waals surface area contributed by atoms with E-state index in [2.05, 4.69) is 0 Å². The van der Waals surface area contributed by atoms with Crippen LogP contribution in [0.1, 0.15) is 40.9 Å². The van der Waals surface area contributed by atoms with Crippen molar-refractivity contribution in [3.8, 4) is 6.07 Å². The lowest BCUT2D eigenvalue weighted by Crippen LogP contribution is -2.44. The number of esters is 1. The molecule has 0 saturated carbocycles. The predicted octanol–water partition coefficient (Wildman–Crippen LogP) is 4.16. The van der Waals surface area contributed by atoms with Gasteiger partial charge in [-0.1, -0.05) is 0 Å². The molecule has 6 nitrogen and oxygen atoms in total. The van der Waals surface area contributed by atoms with Gasteiger partial charge in [0.2, 0.25) is 0 Å². The fourth-order valence-electron chi connectivity index (χ4n) is 3.72. The van der Waals surface area contributed by atoms with Crippen LogP contribution in [0.3, 0.4) is 0 Å². The van der Waals surface area contributed by atoms with E-state index in [-0.39, 0.29) is 17.4 Å². The highest BCUT2D eigenvalue weighted by Gasteiger charge is 2.51. The van der Waals surface area contributed by atoms with Gasteiger partial charge in [0.15, 0.2) is 5.11 Å². The second-order valence-corrected chi connectivity index (χ2v) is 7.94. The second-order valence-electron chi connectivity index (χ2n) is 7.57. The highest BCUT2D eigenvalue weighted by Crippen LogP contribution is 2.40. The molecule has 31 heavy (non-hydrogen) atoms. The smallest absolute Gasteiger partial charge is 0.417 e. The Labute approximate surface area is 180 Å². The SMILES string of the molecule is CC1(C)C(=O)N(c2ccc(C#N)c(C(F)(F)F)c2)C(=S)N1c1ccc2c(c1)COC2=O. The first-order chi connectivity index (χ1) is 14.5. The van der Waals surface area contributed by atoms with Gasteiger partial charge < -0.3 is 9.64 Å². The Hall–Kier alpha value is -3.45. The van der Waals surface area contributed by atoms with Crippen molar-refractivity contribution >= 4 is 40.6 Å². The standard InChI is InChI=1S/C21H14F3N3O3S/c1-20(2)18(29)26(13-4-3-11(9-25)16(8-13)21(22,23)24)19(31)27(20)14-5-6-15-12(7-14)10-30-17(15)28/h3-8H,10H2,1-2H3. The van der Waals surface area contributed by atoms with Gasteiger partial charge in [0, 0.05) is 11.3 Å². The summed E-state index contributed by atoms with van der Waals surface area (Å²) in [6.07, 6.45) is -4.77. The van der Waals surface area contributed by atoms with Crippen molar-refractivity contribution in [2.45, 2.75) is 32.2 Å². The zero-order valence-corrected chi connectivity index (χ0v) is 17.1. The van der Waals surface area contributed by atoms with Crippen molar-refractivity contribution in [2.75, 3.05) is 9.80 Å². The molecule has 2 heterocycles. The molecule has 1 fully saturated rings. The molecule has 2 aliphatic heterocycles. The maximum Gasteiger partial charge on any atom is 0.417 e. The molecule has 2 aliphatic rings. The predicted molar refractivity (Wildman–Crippen MR) is 108 cm³/mol. The maximum atomic E-state index is 13.4. The van der Waals surface area contributed by atoms with Crippen LogP contribution < -0.4 is 9.80 Å². The average Bonchev–Trinajstić information content (AvgIpc) is 3.15. The van der Waals surface area contributed by atoms with Gasteiger partial charge in [0.1, 0.15) is 12.1 Å². The summed E-state index contributed by atoms with van der Waals surface area (Å²) in [7, 11) is 0. The molecule has 4 rings (SSSR count). The Morgan fingerprint density at radius 3 is 2.45 bits per heavy atom. The third-order valence-corrected chi connectivity index (χ3v) is 5.65. The molecule has 0 aliphatic carbocycles. The minimum absolute atomic E-state index is 0.0157. The lowest BCUT2D eigenvalue weighted by Gasteiger charge is -2.29.